The second-order valence-electron chi connectivity index (χ2n) is 4.87. The summed E-state index contributed by atoms with van der Waals surface area (Å²) < 4.78 is 5.53. The van der Waals surface area contributed by atoms with Crippen molar-refractivity contribution < 1.29 is 0 Å². The fraction of sp³-hybridized carbons (Fsp3) is 0.500. The minimum Gasteiger partial charge on any atom is -0.208 e. The third-order valence-electron chi connectivity index (χ3n) is 3.16. The van der Waals surface area contributed by atoms with Gasteiger partial charge in [-0.25, -0.2) is 4.98 Å². The quantitative estimate of drug-likeness (QED) is 0.442. The Balaban J connectivity index is 1.69. The molecule has 108 valence electrons. The molecule has 0 atom stereocenters. The first-order valence-electron chi connectivity index (χ1n) is 7.42. The van der Waals surface area contributed by atoms with E-state index < -0.39 is 0 Å². The lowest BCUT2D eigenvalue weighted by Crippen LogP contribution is -1.83. The van der Waals surface area contributed by atoms with Crippen LogP contribution in [-0.4, -0.2) is 15.1 Å². The maximum atomic E-state index is 4.60. The van der Waals surface area contributed by atoms with Gasteiger partial charge in [0.25, 0.3) is 0 Å². The van der Waals surface area contributed by atoms with Crippen molar-refractivity contribution in [2.24, 2.45) is 0 Å². The highest BCUT2D eigenvalue weighted by Gasteiger charge is 2.06. The Morgan fingerprint density at radius 3 is 2.55 bits per heavy atom. The second-order valence-corrected chi connectivity index (χ2v) is 6.96. The molecule has 0 aliphatic rings. The number of hydrogen-bond donors (Lipinski definition) is 0. The molecule has 0 radical (unpaired) electrons. The lowest BCUT2D eigenvalue weighted by molar-refractivity contribution is 0.627. The van der Waals surface area contributed by atoms with Crippen LogP contribution in [0.25, 0.3) is 11.4 Å². The molecule has 0 bridgehead atoms. The smallest absolute Gasteiger partial charge is 0.174 e. The standard InChI is InChI=1S/C16H22N2S2/c1-2-3-4-5-6-10-13-19-16-17-15(18-20-16)14-11-8-7-9-12-14/h7-9,11-12H,2-6,10,13H2,1H3. The molecule has 1 aromatic heterocycles. The third kappa shape index (κ3) is 5.25. The first kappa shape index (κ1) is 15.5. The predicted octanol–water partition coefficient (Wildman–Crippen LogP) is 5.66. The van der Waals surface area contributed by atoms with Gasteiger partial charge in [-0.1, -0.05) is 81.1 Å². The van der Waals surface area contributed by atoms with E-state index in [1.807, 2.05) is 30.0 Å². The molecular formula is C16H22N2S2. The number of nitrogens with zero attached hydrogens (tertiary/aromatic N) is 2. The van der Waals surface area contributed by atoms with Gasteiger partial charge in [0.1, 0.15) is 0 Å². The van der Waals surface area contributed by atoms with Crippen LogP contribution in [0.2, 0.25) is 0 Å². The SMILES string of the molecule is CCCCCCCCSc1nc(-c2ccccc2)ns1. The molecule has 0 N–H and O–H groups in total. The molecule has 0 saturated carbocycles. The molecule has 20 heavy (non-hydrogen) atoms. The molecule has 0 unspecified atom stereocenters. The van der Waals surface area contributed by atoms with Crippen molar-refractivity contribution in [3.63, 3.8) is 0 Å². The first-order chi connectivity index (χ1) is 9.90. The summed E-state index contributed by atoms with van der Waals surface area (Å²) >= 11 is 3.36. The summed E-state index contributed by atoms with van der Waals surface area (Å²) in [6.07, 6.45) is 8.09. The zero-order valence-electron chi connectivity index (χ0n) is 12.0. The van der Waals surface area contributed by atoms with E-state index in [0.29, 0.717) is 0 Å². The molecular weight excluding hydrogens is 284 g/mol. The van der Waals surface area contributed by atoms with Gasteiger partial charge < -0.3 is 0 Å². The van der Waals surface area contributed by atoms with Crippen LogP contribution in [0.1, 0.15) is 45.4 Å². The van der Waals surface area contributed by atoms with Crippen LogP contribution in [0.3, 0.4) is 0 Å². The molecule has 0 fully saturated rings. The lowest BCUT2D eigenvalue weighted by Gasteiger charge is -1.99. The molecule has 2 rings (SSSR count). The molecule has 0 aliphatic heterocycles. The zero-order chi connectivity index (χ0) is 14.0. The van der Waals surface area contributed by atoms with Crippen molar-refractivity contribution in [2.45, 2.75) is 49.8 Å². The fourth-order valence-corrected chi connectivity index (χ4v) is 3.70. The largest absolute Gasteiger partial charge is 0.208 e. The number of rotatable bonds is 9. The first-order valence-corrected chi connectivity index (χ1v) is 9.18. The molecule has 4 heteroatoms. The highest BCUT2D eigenvalue weighted by atomic mass is 32.2. The van der Waals surface area contributed by atoms with Crippen LogP contribution in [0.5, 0.6) is 0 Å². The van der Waals surface area contributed by atoms with Gasteiger partial charge in [0.05, 0.1) is 0 Å². The van der Waals surface area contributed by atoms with Crippen LogP contribution in [-0.2, 0) is 0 Å². The van der Waals surface area contributed by atoms with Gasteiger partial charge in [-0.2, -0.15) is 4.37 Å². The Bertz CT molecular complexity index is 482. The van der Waals surface area contributed by atoms with E-state index in [9.17, 15) is 0 Å². The Morgan fingerprint density at radius 2 is 1.75 bits per heavy atom. The summed E-state index contributed by atoms with van der Waals surface area (Å²) in [6.45, 7) is 2.26. The fourth-order valence-electron chi connectivity index (χ4n) is 2.01. The zero-order valence-corrected chi connectivity index (χ0v) is 13.7. The normalized spacial score (nSPS) is 10.8. The summed E-state index contributed by atoms with van der Waals surface area (Å²) in [5.74, 6) is 2.02. The maximum absolute atomic E-state index is 4.60. The number of unbranched alkanes of at least 4 members (excludes halogenated alkanes) is 5. The van der Waals surface area contributed by atoms with E-state index >= 15 is 0 Å². The van der Waals surface area contributed by atoms with Crippen LogP contribution in [0.4, 0.5) is 0 Å². The van der Waals surface area contributed by atoms with Gasteiger partial charge in [0, 0.05) is 11.3 Å². The van der Waals surface area contributed by atoms with Crippen LogP contribution < -0.4 is 0 Å². The predicted molar refractivity (Wildman–Crippen MR) is 89.4 cm³/mol. The molecule has 0 aliphatic carbocycles. The van der Waals surface area contributed by atoms with Gasteiger partial charge in [-0.15, -0.1) is 0 Å². The van der Waals surface area contributed by atoms with Crippen molar-refractivity contribution >= 4 is 23.3 Å². The Kier molecular flexibility index (Phi) is 7.09. The number of benzene rings is 1. The van der Waals surface area contributed by atoms with Crippen molar-refractivity contribution in [2.75, 3.05) is 5.75 Å². The summed E-state index contributed by atoms with van der Waals surface area (Å²) in [5.41, 5.74) is 1.11. The van der Waals surface area contributed by atoms with Gasteiger partial charge >= 0.3 is 0 Å². The molecule has 2 aromatic rings. The average molecular weight is 306 g/mol. The van der Waals surface area contributed by atoms with Crippen LogP contribution in [0, 0.1) is 0 Å². The van der Waals surface area contributed by atoms with Gasteiger partial charge in [-0.05, 0) is 18.0 Å². The molecule has 2 nitrogen and oxygen atoms in total. The highest BCUT2D eigenvalue weighted by molar-refractivity contribution is 8.00. The van der Waals surface area contributed by atoms with Gasteiger partial charge in [-0.3, -0.25) is 0 Å². The Morgan fingerprint density at radius 1 is 1.00 bits per heavy atom. The minimum atomic E-state index is 0.862. The van der Waals surface area contributed by atoms with E-state index in [2.05, 4.69) is 28.4 Å². The molecule has 0 amide bonds. The van der Waals surface area contributed by atoms with E-state index in [1.165, 1.54) is 50.1 Å². The van der Waals surface area contributed by atoms with E-state index in [4.69, 9.17) is 0 Å². The number of thioether (sulfide) groups is 1. The number of aromatic nitrogens is 2. The summed E-state index contributed by atoms with van der Waals surface area (Å²) in [7, 11) is 0. The van der Waals surface area contributed by atoms with Crippen LogP contribution >= 0.6 is 23.3 Å². The van der Waals surface area contributed by atoms with E-state index in [0.717, 1.165) is 21.5 Å². The summed E-state index contributed by atoms with van der Waals surface area (Å²) in [6, 6.07) is 10.2. The molecule has 1 heterocycles. The third-order valence-corrected chi connectivity index (χ3v) is 5.08. The van der Waals surface area contributed by atoms with Crippen molar-refractivity contribution in [1.82, 2.24) is 9.36 Å². The van der Waals surface area contributed by atoms with E-state index in [-0.39, 0.29) is 0 Å². The maximum Gasteiger partial charge on any atom is 0.174 e. The van der Waals surface area contributed by atoms with Crippen molar-refractivity contribution in [3.05, 3.63) is 30.3 Å². The number of hydrogen-bond acceptors (Lipinski definition) is 4. The second kappa shape index (κ2) is 9.14. The van der Waals surface area contributed by atoms with Crippen molar-refractivity contribution in [3.8, 4) is 11.4 Å². The minimum absolute atomic E-state index is 0.862. The van der Waals surface area contributed by atoms with Crippen molar-refractivity contribution in [1.29, 1.82) is 0 Å². The summed E-state index contributed by atoms with van der Waals surface area (Å²) in [5, 5.41) is 0. The molecule has 1 aromatic carbocycles. The van der Waals surface area contributed by atoms with Gasteiger partial charge in [0.2, 0.25) is 0 Å². The Hall–Kier alpha value is -0.870. The monoisotopic (exact) mass is 306 g/mol. The van der Waals surface area contributed by atoms with Gasteiger partial charge in [0.15, 0.2) is 10.2 Å². The molecule has 0 saturated heterocycles. The summed E-state index contributed by atoms with van der Waals surface area (Å²) in [4.78, 5) is 4.60. The lowest BCUT2D eigenvalue weighted by atomic mass is 10.1. The molecule has 0 spiro atoms. The highest BCUT2D eigenvalue weighted by Crippen LogP contribution is 2.25. The van der Waals surface area contributed by atoms with E-state index in [1.54, 1.807) is 0 Å². The Labute approximate surface area is 130 Å². The van der Waals surface area contributed by atoms with Crippen LogP contribution in [0.15, 0.2) is 34.7 Å². The average Bonchev–Trinajstić information content (AvgIpc) is 2.96. The topological polar surface area (TPSA) is 25.8 Å².